The van der Waals surface area contributed by atoms with Crippen molar-refractivity contribution in [3.8, 4) is 11.1 Å². The first-order chi connectivity index (χ1) is 16.4. The first kappa shape index (κ1) is 21.7. The third kappa shape index (κ3) is 3.88. The normalized spacial score (nSPS) is 18.9. The Hall–Kier alpha value is -4.18. The highest BCUT2D eigenvalue weighted by Crippen LogP contribution is 2.44. The van der Waals surface area contributed by atoms with Gasteiger partial charge in [-0.25, -0.2) is 9.59 Å². The van der Waals surface area contributed by atoms with Gasteiger partial charge >= 0.3 is 12.1 Å². The molecule has 3 aromatic rings. The summed E-state index contributed by atoms with van der Waals surface area (Å²) in [5.74, 6) is -2.16. The zero-order valence-electron chi connectivity index (χ0n) is 17.9. The molecule has 0 bridgehead atoms. The number of likely N-dealkylation sites (tertiary alicyclic amines) is 1. The summed E-state index contributed by atoms with van der Waals surface area (Å²) in [6, 6.07) is 15.9. The minimum absolute atomic E-state index is 0.0657. The van der Waals surface area contributed by atoms with Gasteiger partial charge in [0.25, 0.3) is 5.91 Å². The van der Waals surface area contributed by atoms with Crippen LogP contribution in [0.4, 0.5) is 10.7 Å². The lowest BCUT2D eigenvalue weighted by molar-refractivity contribution is -0.141. The highest BCUT2D eigenvalue weighted by atomic mass is 16.6. The Bertz CT molecular complexity index is 1230. The van der Waals surface area contributed by atoms with Crippen molar-refractivity contribution in [2.24, 2.45) is 0 Å². The third-order valence-corrected chi connectivity index (χ3v) is 6.12. The number of aliphatic carboxylic acids is 1. The number of rotatable bonds is 5. The monoisotopic (exact) mass is 463 g/mol. The van der Waals surface area contributed by atoms with Crippen LogP contribution in [0.5, 0.6) is 0 Å². The number of β-amino-alcohol motifs (C(OH)–C–C–N with tert-alkyl or cyclic N) is 1. The molecule has 34 heavy (non-hydrogen) atoms. The zero-order valence-corrected chi connectivity index (χ0v) is 17.9. The number of carbonyl (C=O) groups excluding carboxylic acids is 2. The average Bonchev–Trinajstić information content (AvgIpc) is 3.53. The Morgan fingerprint density at radius 1 is 1.09 bits per heavy atom. The van der Waals surface area contributed by atoms with Crippen LogP contribution < -0.4 is 5.32 Å². The third-order valence-electron chi connectivity index (χ3n) is 6.12. The second-order valence-corrected chi connectivity index (χ2v) is 8.23. The number of anilines is 1. The van der Waals surface area contributed by atoms with Crippen molar-refractivity contribution in [1.29, 1.82) is 0 Å². The number of nitrogens with zero attached hydrogens (tertiary/aromatic N) is 2. The van der Waals surface area contributed by atoms with Gasteiger partial charge < -0.3 is 24.4 Å². The molecule has 3 N–H and O–H groups in total. The molecule has 2 aromatic carbocycles. The van der Waals surface area contributed by atoms with Crippen LogP contribution in [-0.4, -0.2) is 63.5 Å². The molecule has 1 aromatic heterocycles. The van der Waals surface area contributed by atoms with Gasteiger partial charge in [0.1, 0.15) is 12.6 Å². The number of aromatic nitrogens is 1. The Morgan fingerprint density at radius 2 is 1.74 bits per heavy atom. The molecule has 2 amide bonds. The van der Waals surface area contributed by atoms with Gasteiger partial charge in [0.05, 0.1) is 6.10 Å². The molecule has 1 fully saturated rings. The van der Waals surface area contributed by atoms with E-state index < -0.39 is 30.1 Å². The Morgan fingerprint density at radius 3 is 2.38 bits per heavy atom. The standard InChI is InChI=1S/C24H21N3O7/c28-13-9-20(23(30)31)27(11-13)22(29)19-10-21(34-26-19)25-24(32)33-12-18-16-7-3-1-5-14(16)15-6-2-4-8-17(15)18/h1-8,10,13,18,20,28H,9,11-12H2,(H,25,32)(H,30,31). The quantitative estimate of drug-likeness (QED) is 0.524. The molecule has 1 saturated heterocycles. The number of carboxylic acid groups (broad SMARTS) is 1. The molecule has 1 aliphatic heterocycles. The van der Waals surface area contributed by atoms with Crippen molar-refractivity contribution >= 4 is 23.9 Å². The first-order valence-electron chi connectivity index (χ1n) is 10.7. The number of hydrogen-bond acceptors (Lipinski definition) is 7. The van der Waals surface area contributed by atoms with Crippen molar-refractivity contribution in [2.75, 3.05) is 18.5 Å². The van der Waals surface area contributed by atoms with E-state index in [0.29, 0.717) is 0 Å². The Balaban J connectivity index is 1.23. The predicted molar refractivity (Wildman–Crippen MR) is 118 cm³/mol. The molecule has 0 saturated carbocycles. The van der Waals surface area contributed by atoms with E-state index in [4.69, 9.17) is 9.26 Å². The van der Waals surface area contributed by atoms with Gasteiger partial charge in [-0.1, -0.05) is 53.7 Å². The lowest BCUT2D eigenvalue weighted by Crippen LogP contribution is -2.40. The Kier molecular flexibility index (Phi) is 5.50. The number of benzene rings is 2. The maximum absolute atomic E-state index is 12.6. The van der Waals surface area contributed by atoms with E-state index in [1.807, 2.05) is 48.5 Å². The van der Waals surface area contributed by atoms with Gasteiger partial charge in [0, 0.05) is 24.9 Å². The van der Waals surface area contributed by atoms with Gasteiger partial charge in [0.2, 0.25) is 5.88 Å². The lowest BCUT2D eigenvalue weighted by Gasteiger charge is -2.19. The summed E-state index contributed by atoms with van der Waals surface area (Å²) < 4.78 is 10.4. The van der Waals surface area contributed by atoms with Gasteiger partial charge in [-0.15, -0.1) is 0 Å². The SMILES string of the molecule is O=C(Nc1cc(C(=O)N2CC(O)CC2C(=O)O)no1)OCC1c2ccccc2-c2ccccc21. The molecule has 1 aliphatic carbocycles. The summed E-state index contributed by atoms with van der Waals surface area (Å²) in [7, 11) is 0. The van der Waals surface area contributed by atoms with Crippen LogP contribution in [-0.2, 0) is 9.53 Å². The van der Waals surface area contributed by atoms with Crippen molar-refractivity contribution in [3.05, 3.63) is 71.4 Å². The summed E-state index contributed by atoms with van der Waals surface area (Å²) in [6.45, 7) is -0.0243. The summed E-state index contributed by atoms with van der Waals surface area (Å²) in [4.78, 5) is 37.4. The van der Waals surface area contributed by atoms with E-state index in [-0.39, 0.29) is 37.1 Å². The number of amides is 2. The van der Waals surface area contributed by atoms with Crippen molar-refractivity contribution in [2.45, 2.75) is 24.5 Å². The molecule has 10 heteroatoms. The summed E-state index contributed by atoms with van der Waals surface area (Å²) in [5, 5.41) is 25.0. The number of fused-ring (bicyclic) bond motifs is 3. The fraction of sp³-hybridized carbons (Fsp3) is 0.250. The number of aliphatic hydroxyl groups is 1. The number of nitrogens with one attached hydrogen (secondary N) is 1. The smallest absolute Gasteiger partial charge is 0.414 e. The molecule has 0 spiro atoms. The fourth-order valence-corrected chi connectivity index (χ4v) is 4.59. The van der Waals surface area contributed by atoms with E-state index in [9.17, 15) is 24.6 Å². The molecular weight excluding hydrogens is 442 g/mol. The number of carboxylic acids is 1. The second-order valence-electron chi connectivity index (χ2n) is 8.23. The molecule has 10 nitrogen and oxygen atoms in total. The van der Waals surface area contributed by atoms with Crippen LogP contribution >= 0.6 is 0 Å². The second kappa shape index (κ2) is 8.64. The highest BCUT2D eigenvalue weighted by Gasteiger charge is 2.40. The molecule has 2 atom stereocenters. The van der Waals surface area contributed by atoms with Crippen LogP contribution in [0.2, 0.25) is 0 Å². The van der Waals surface area contributed by atoms with Crippen molar-refractivity contribution in [1.82, 2.24) is 10.1 Å². The van der Waals surface area contributed by atoms with E-state index in [0.717, 1.165) is 27.2 Å². The molecule has 0 radical (unpaired) electrons. The number of ether oxygens (including phenoxy) is 1. The van der Waals surface area contributed by atoms with E-state index >= 15 is 0 Å². The van der Waals surface area contributed by atoms with Gasteiger partial charge in [-0.3, -0.25) is 10.1 Å². The van der Waals surface area contributed by atoms with Gasteiger partial charge in [-0.2, -0.15) is 0 Å². The zero-order chi connectivity index (χ0) is 23.8. The summed E-state index contributed by atoms with van der Waals surface area (Å²) in [5.41, 5.74) is 4.18. The largest absolute Gasteiger partial charge is 0.480 e. The van der Waals surface area contributed by atoms with E-state index in [2.05, 4.69) is 10.5 Å². The van der Waals surface area contributed by atoms with Gasteiger partial charge in [0.15, 0.2) is 5.69 Å². The van der Waals surface area contributed by atoms with Crippen molar-refractivity contribution < 1.29 is 33.9 Å². The molecule has 5 rings (SSSR count). The Labute approximate surface area is 193 Å². The van der Waals surface area contributed by atoms with E-state index in [1.54, 1.807) is 0 Å². The van der Waals surface area contributed by atoms with Crippen LogP contribution in [0, 0.1) is 0 Å². The molecule has 174 valence electrons. The first-order valence-corrected chi connectivity index (χ1v) is 10.7. The fourth-order valence-electron chi connectivity index (χ4n) is 4.59. The minimum atomic E-state index is -1.22. The summed E-state index contributed by atoms with van der Waals surface area (Å²) in [6.07, 6.45) is -1.78. The van der Waals surface area contributed by atoms with Crippen molar-refractivity contribution in [3.63, 3.8) is 0 Å². The van der Waals surface area contributed by atoms with Crippen LogP contribution in [0.3, 0.4) is 0 Å². The molecule has 2 heterocycles. The molecular formula is C24H21N3O7. The average molecular weight is 463 g/mol. The molecule has 2 unspecified atom stereocenters. The molecule has 2 aliphatic rings. The van der Waals surface area contributed by atoms with Crippen LogP contribution in [0.25, 0.3) is 11.1 Å². The number of hydrogen-bond donors (Lipinski definition) is 3. The highest BCUT2D eigenvalue weighted by molar-refractivity contribution is 5.96. The van der Waals surface area contributed by atoms with Crippen LogP contribution in [0.15, 0.2) is 59.1 Å². The maximum atomic E-state index is 12.6. The maximum Gasteiger partial charge on any atom is 0.414 e. The van der Waals surface area contributed by atoms with E-state index in [1.165, 1.54) is 6.07 Å². The predicted octanol–water partition coefficient (Wildman–Crippen LogP) is 2.70. The van der Waals surface area contributed by atoms with Crippen LogP contribution in [0.1, 0.15) is 34.0 Å². The van der Waals surface area contributed by atoms with Gasteiger partial charge in [-0.05, 0) is 22.3 Å². The number of carbonyl (C=O) groups is 3. The topological polar surface area (TPSA) is 142 Å². The number of aliphatic hydroxyl groups excluding tert-OH is 1. The lowest BCUT2D eigenvalue weighted by atomic mass is 9.98. The minimum Gasteiger partial charge on any atom is -0.480 e. The summed E-state index contributed by atoms with van der Waals surface area (Å²) >= 11 is 0.